The molecule has 1 aromatic heterocycles. The number of rotatable bonds is 6. The number of ether oxygens (including phenoxy) is 1. The number of halogens is 1. The highest BCUT2D eigenvalue weighted by molar-refractivity contribution is 6.33. The van der Waals surface area contributed by atoms with Crippen molar-refractivity contribution in [3.63, 3.8) is 0 Å². The van der Waals surface area contributed by atoms with Crippen LogP contribution in [0.5, 0.6) is 5.75 Å². The van der Waals surface area contributed by atoms with E-state index in [1.807, 2.05) is 12.1 Å². The average Bonchev–Trinajstić information content (AvgIpc) is 2.84. The van der Waals surface area contributed by atoms with Crippen LogP contribution < -0.4 is 4.74 Å². The van der Waals surface area contributed by atoms with Gasteiger partial charge in [0.15, 0.2) is 0 Å². The highest BCUT2D eigenvalue weighted by Crippen LogP contribution is 2.24. The van der Waals surface area contributed by atoms with Gasteiger partial charge >= 0.3 is 6.21 Å². The van der Waals surface area contributed by atoms with E-state index in [-0.39, 0.29) is 17.8 Å². The second-order valence-electron chi connectivity index (χ2n) is 4.84. The fourth-order valence-corrected chi connectivity index (χ4v) is 2.29. The van der Waals surface area contributed by atoms with Gasteiger partial charge in [-0.15, -0.1) is 0 Å². The van der Waals surface area contributed by atoms with Crippen LogP contribution >= 0.6 is 0 Å². The molecule has 23 heavy (non-hydrogen) atoms. The Morgan fingerprint density at radius 2 is 2.13 bits per heavy atom. The van der Waals surface area contributed by atoms with Crippen LogP contribution in [0.2, 0.25) is 0 Å². The molecule has 1 heterocycles. The van der Waals surface area contributed by atoms with Gasteiger partial charge in [-0.3, -0.25) is 9.48 Å². The van der Waals surface area contributed by atoms with Crippen molar-refractivity contribution in [1.82, 2.24) is 9.78 Å². The lowest BCUT2D eigenvalue weighted by molar-refractivity contribution is -0.111. The number of carbonyl (C=O) groups is 1. The second-order valence-corrected chi connectivity index (χ2v) is 4.84. The lowest BCUT2D eigenvalue weighted by Gasteiger charge is -2.06. The number of carbonyl (C=O) groups excluding carboxylic acids is 1. The van der Waals surface area contributed by atoms with E-state index in [9.17, 15) is 9.18 Å². The first-order valence-corrected chi connectivity index (χ1v) is 6.77. The van der Waals surface area contributed by atoms with E-state index in [4.69, 9.17) is 10.3 Å². The van der Waals surface area contributed by atoms with Gasteiger partial charge in [-0.2, -0.15) is 5.10 Å². The van der Waals surface area contributed by atoms with E-state index in [2.05, 4.69) is 16.5 Å². The van der Waals surface area contributed by atoms with Crippen LogP contribution in [0.25, 0.3) is 5.83 Å². The Labute approximate surface area is 132 Å². The SMILES string of the molecule is C=C(F)c1c(C)nn(Cc2ccc(OC)cc2)c1C(=O)C=[N+]=N. The smallest absolute Gasteiger partial charge is 0.379 e. The van der Waals surface area contributed by atoms with Crippen molar-refractivity contribution < 1.29 is 18.7 Å². The topological polar surface area (TPSA) is 82.1 Å². The predicted octanol–water partition coefficient (Wildman–Crippen LogP) is 2.68. The molecule has 0 aliphatic carbocycles. The van der Waals surface area contributed by atoms with Crippen molar-refractivity contribution in [2.75, 3.05) is 7.11 Å². The summed E-state index contributed by atoms with van der Waals surface area (Å²) in [6.45, 7) is 5.12. The molecule has 1 aromatic carbocycles. The summed E-state index contributed by atoms with van der Waals surface area (Å²) in [5.74, 6) is -0.631. The molecule has 0 aliphatic heterocycles. The fraction of sp³-hybridized carbons (Fsp3) is 0.188. The van der Waals surface area contributed by atoms with E-state index < -0.39 is 11.6 Å². The standard InChI is InChI=1S/C16H16FN4O2/c1-10(17)15-11(2)20-21(16(15)14(22)8-19-18)9-12-4-6-13(23-3)7-5-12/h4-8,18H,1,9H2,2-3H3/q+1. The molecule has 0 atom stereocenters. The van der Waals surface area contributed by atoms with Gasteiger partial charge in [0.2, 0.25) is 0 Å². The number of methoxy groups -OCH3 is 1. The Balaban J connectivity index is 2.48. The maximum absolute atomic E-state index is 13.7. The zero-order chi connectivity index (χ0) is 17.0. The van der Waals surface area contributed by atoms with Crippen LogP contribution in [0.3, 0.4) is 0 Å². The number of benzene rings is 1. The van der Waals surface area contributed by atoms with Crippen LogP contribution in [0.15, 0.2) is 30.8 Å². The summed E-state index contributed by atoms with van der Waals surface area (Å²) in [5, 5.41) is 4.21. The quantitative estimate of drug-likeness (QED) is 0.385. The Morgan fingerprint density at radius 1 is 1.48 bits per heavy atom. The van der Waals surface area contributed by atoms with Crippen molar-refractivity contribution in [1.29, 1.82) is 5.53 Å². The van der Waals surface area contributed by atoms with Gasteiger partial charge in [0, 0.05) is 0 Å². The maximum atomic E-state index is 13.7. The van der Waals surface area contributed by atoms with Crippen molar-refractivity contribution in [2.24, 2.45) is 0 Å². The third-order valence-electron chi connectivity index (χ3n) is 3.31. The molecule has 0 saturated carbocycles. The van der Waals surface area contributed by atoms with E-state index >= 15 is 0 Å². The van der Waals surface area contributed by atoms with E-state index in [0.717, 1.165) is 11.8 Å². The summed E-state index contributed by atoms with van der Waals surface area (Å²) in [6.07, 6.45) is 0.813. The number of hydrogen-bond donors (Lipinski definition) is 1. The highest BCUT2D eigenvalue weighted by atomic mass is 19.1. The number of aromatic nitrogens is 2. The van der Waals surface area contributed by atoms with E-state index in [0.29, 0.717) is 11.4 Å². The van der Waals surface area contributed by atoms with Gasteiger partial charge in [-0.1, -0.05) is 18.7 Å². The third kappa shape index (κ3) is 3.41. The van der Waals surface area contributed by atoms with Gasteiger partial charge in [-0.25, -0.2) is 4.39 Å². The van der Waals surface area contributed by atoms with Gasteiger partial charge in [0.05, 0.1) is 35.2 Å². The van der Waals surface area contributed by atoms with Crippen molar-refractivity contribution in [2.45, 2.75) is 13.5 Å². The monoisotopic (exact) mass is 315 g/mol. The Morgan fingerprint density at radius 3 is 2.65 bits per heavy atom. The molecular weight excluding hydrogens is 299 g/mol. The lowest BCUT2D eigenvalue weighted by Crippen LogP contribution is -2.14. The molecule has 0 bridgehead atoms. The molecule has 0 unspecified atom stereocenters. The number of ketones is 1. The highest BCUT2D eigenvalue weighted by Gasteiger charge is 2.25. The molecule has 0 saturated heterocycles. The fourth-order valence-electron chi connectivity index (χ4n) is 2.29. The number of aryl methyl sites for hydroxylation is 1. The summed E-state index contributed by atoms with van der Waals surface area (Å²) in [6, 6.07) is 7.22. The van der Waals surface area contributed by atoms with E-state index in [1.165, 1.54) is 4.68 Å². The summed E-state index contributed by atoms with van der Waals surface area (Å²) < 4.78 is 20.2. The minimum Gasteiger partial charge on any atom is -0.497 e. The first-order valence-electron chi connectivity index (χ1n) is 6.77. The van der Waals surface area contributed by atoms with Crippen LogP contribution in [0.1, 0.15) is 27.3 Å². The maximum Gasteiger partial charge on any atom is 0.379 e. The van der Waals surface area contributed by atoms with Gasteiger partial charge in [0.1, 0.15) is 17.3 Å². The molecule has 0 amide bonds. The van der Waals surface area contributed by atoms with Crippen LogP contribution in [-0.4, -0.2) is 33.7 Å². The number of nitrogens with zero attached hydrogens (tertiary/aromatic N) is 3. The molecule has 0 aliphatic rings. The largest absolute Gasteiger partial charge is 0.497 e. The van der Waals surface area contributed by atoms with Crippen molar-refractivity contribution in [3.8, 4) is 5.75 Å². The molecular formula is C16H16FN4O2+. The molecule has 0 radical (unpaired) electrons. The molecule has 6 nitrogen and oxygen atoms in total. The summed E-state index contributed by atoms with van der Waals surface area (Å²) in [4.78, 5) is 15.1. The summed E-state index contributed by atoms with van der Waals surface area (Å²) in [7, 11) is 1.57. The molecule has 2 aromatic rings. The molecule has 2 rings (SSSR count). The summed E-state index contributed by atoms with van der Waals surface area (Å²) >= 11 is 0. The number of hydrogen-bond acceptors (Lipinski definition) is 4. The molecule has 0 fully saturated rings. The predicted molar refractivity (Wildman–Crippen MR) is 82.6 cm³/mol. The van der Waals surface area contributed by atoms with Gasteiger partial charge in [0.25, 0.3) is 5.78 Å². The minimum absolute atomic E-state index is 0.0295. The molecule has 0 spiro atoms. The van der Waals surface area contributed by atoms with Crippen LogP contribution in [0, 0.1) is 12.5 Å². The van der Waals surface area contributed by atoms with Gasteiger partial charge in [-0.05, 0) is 24.6 Å². The molecule has 7 heteroatoms. The molecule has 1 N–H and O–H groups in total. The van der Waals surface area contributed by atoms with Crippen molar-refractivity contribution in [3.05, 3.63) is 53.4 Å². The lowest BCUT2D eigenvalue weighted by atomic mass is 10.1. The van der Waals surface area contributed by atoms with Gasteiger partial charge < -0.3 is 4.74 Å². The number of Topliss-reactive ketones (excluding diaryl/α,β-unsaturated/α-hetero) is 1. The minimum atomic E-state index is -0.745. The Kier molecular flexibility index (Phi) is 4.83. The van der Waals surface area contributed by atoms with Crippen LogP contribution in [0.4, 0.5) is 4.39 Å². The summed E-state index contributed by atoms with van der Waals surface area (Å²) in [5.41, 5.74) is 8.08. The molecule has 118 valence electrons. The second kappa shape index (κ2) is 6.81. The normalized spacial score (nSPS) is 10.0. The zero-order valence-corrected chi connectivity index (χ0v) is 12.8. The third-order valence-corrected chi connectivity index (χ3v) is 3.31. The number of nitrogens with one attached hydrogen (secondary N) is 1. The van der Waals surface area contributed by atoms with Crippen LogP contribution in [-0.2, 0) is 6.54 Å². The Hall–Kier alpha value is -3.05. The Bertz CT molecular complexity index is 802. The first kappa shape index (κ1) is 16.3. The zero-order valence-electron chi connectivity index (χ0n) is 12.8. The average molecular weight is 315 g/mol. The van der Waals surface area contributed by atoms with Crippen molar-refractivity contribution >= 4 is 17.8 Å². The first-order chi connectivity index (χ1) is 11.0. The van der Waals surface area contributed by atoms with E-state index in [1.54, 1.807) is 26.2 Å².